The van der Waals surface area contributed by atoms with Gasteiger partial charge in [0.25, 0.3) is 5.91 Å². The number of amides is 2. The second kappa shape index (κ2) is 8.34. The summed E-state index contributed by atoms with van der Waals surface area (Å²) >= 11 is 0. The van der Waals surface area contributed by atoms with E-state index < -0.39 is 0 Å². The van der Waals surface area contributed by atoms with E-state index in [4.69, 9.17) is 10.00 Å². The Kier molecular flexibility index (Phi) is 5.92. The van der Waals surface area contributed by atoms with Gasteiger partial charge in [0.15, 0.2) is 0 Å². The maximum atomic E-state index is 12.2. The molecule has 0 saturated carbocycles. The summed E-state index contributed by atoms with van der Waals surface area (Å²) in [5, 5.41) is 13.9. The fraction of sp³-hybridized carbons (Fsp3) is 0.167. The van der Waals surface area contributed by atoms with Crippen LogP contribution in [0.15, 0.2) is 48.5 Å². The van der Waals surface area contributed by atoms with Gasteiger partial charge >= 0.3 is 0 Å². The Morgan fingerprint density at radius 1 is 1.17 bits per heavy atom. The molecule has 0 aliphatic rings. The van der Waals surface area contributed by atoms with Gasteiger partial charge in [0.2, 0.25) is 5.91 Å². The van der Waals surface area contributed by atoms with Gasteiger partial charge < -0.3 is 15.4 Å². The molecule has 2 amide bonds. The lowest BCUT2D eigenvalue weighted by molar-refractivity contribution is -0.115. The number of carbonyl (C=O) groups is 2. The van der Waals surface area contributed by atoms with E-state index in [0.29, 0.717) is 23.5 Å². The molecule has 6 nitrogen and oxygen atoms in total. The normalized spacial score (nSPS) is 9.67. The van der Waals surface area contributed by atoms with Crippen molar-refractivity contribution in [3.05, 3.63) is 59.7 Å². The molecule has 6 heteroatoms. The van der Waals surface area contributed by atoms with Gasteiger partial charge in [-0.25, -0.2) is 0 Å². The molecular weight excluding hydrogens is 306 g/mol. The minimum absolute atomic E-state index is 0.198. The van der Waals surface area contributed by atoms with Crippen molar-refractivity contribution in [1.82, 2.24) is 5.32 Å². The summed E-state index contributed by atoms with van der Waals surface area (Å²) < 4.78 is 5.10. The lowest BCUT2D eigenvalue weighted by Crippen LogP contribution is -2.22. The third kappa shape index (κ3) is 4.85. The van der Waals surface area contributed by atoms with E-state index in [1.165, 1.54) is 0 Å². The topological polar surface area (TPSA) is 91.2 Å². The van der Waals surface area contributed by atoms with E-state index in [-0.39, 0.29) is 18.2 Å². The molecule has 24 heavy (non-hydrogen) atoms. The van der Waals surface area contributed by atoms with Crippen LogP contribution in [0.5, 0.6) is 5.75 Å². The Morgan fingerprint density at radius 2 is 1.96 bits per heavy atom. The third-order valence-corrected chi connectivity index (χ3v) is 3.24. The van der Waals surface area contributed by atoms with Crippen molar-refractivity contribution in [2.45, 2.75) is 13.0 Å². The van der Waals surface area contributed by atoms with Crippen LogP contribution < -0.4 is 15.4 Å². The molecule has 0 saturated heterocycles. The maximum absolute atomic E-state index is 12.2. The summed E-state index contributed by atoms with van der Waals surface area (Å²) in [4.78, 5) is 23.6. The molecule has 0 heterocycles. The van der Waals surface area contributed by atoms with Gasteiger partial charge in [0.1, 0.15) is 12.2 Å². The quantitative estimate of drug-likeness (QED) is 0.854. The van der Waals surface area contributed by atoms with Crippen molar-refractivity contribution < 1.29 is 14.3 Å². The monoisotopic (exact) mass is 323 g/mol. The number of carbonyl (C=O) groups excluding carboxylic acids is 2. The van der Waals surface area contributed by atoms with Crippen LogP contribution in [-0.2, 0) is 11.3 Å². The molecule has 2 N–H and O–H groups in total. The summed E-state index contributed by atoms with van der Waals surface area (Å²) in [6.07, 6.45) is -0.198. The van der Waals surface area contributed by atoms with Gasteiger partial charge in [-0.15, -0.1) is 0 Å². The molecule has 0 spiro atoms. The second-order valence-corrected chi connectivity index (χ2v) is 5.00. The predicted molar refractivity (Wildman–Crippen MR) is 89.5 cm³/mol. The van der Waals surface area contributed by atoms with Gasteiger partial charge in [-0.2, -0.15) is 5.26 Å². The lowest BCUT2D eigenvalue weighted by Gasteiger charge is -2.09. The van der Waals surface area contributed by atoms with Crippen molar-refractivity contribution in [2.24, 2.45) is 0 Å². The van der Waals surface area contributed by atoms with Crippen LogP contribution in [0, 0.1) is 11.3 Å². The Hall–Kier alpha value is -3.33. The van der Waals surface area contributed by atoms with Crippen molar-refractivity contribution in [2.75, 3.05) is 12.4 Å². The molecule has 0 aliphatic carbocycles. The number of hydrogen-bond donors (Lipinski definition) is 2. The smallest absolute Gasteiger partial charge is 0.251 e. The highest BCUT2D eigenvalue weighted by molar-refractivity contribution is 5.94. The molecule has 0 atom stereocenters. The van der Waals surface area contributed by atoms with Crippen LogP contribution in [0.2, 0.25) is 0 Å². The van der Waals surface area contributed by atoms with E-state index in [0.717, 1.165) is 5.56 Å². The summed E-state index contributed by atoms with van der Waals surface area (Å²) in [7, 11) is 1.54. The van der Waals surface area contributed by atoms with Gasteiger partial charge in [-0.1, -0.05) is 18.2 Å². The number of rotatable bonds is 6. The third-order valence-electron chi connectivity index (χ3n) is 3.24. The number of nitrogens with zero attached hydrogens (tertiary/aromatic N) is 1. The number of nitriles is 1. The standard InChI is InChI=1S/C18H17N3O3/c1-24-16-7-3-5-14(11-16)18(23)20-12-13-4-2-6-15(10-13)21-17(22)8-9-19/h2-7,10-11H,8,12H2,1H3,(H,20,23)(H,21,22). The summed E-state index contributed by atoms with van der Waals surface area (Å²) in [6, 6.07) is 15.8. The number of anilines is 1. The highest BCUT2D eigenvalue weighted by Gasteiger charge is 2.07. The van der Waals surface area contributed by atoms with Crippen molar-refractivity contribution >= 4 is 17.5 Å². The fourth-order valence-corrected chi connectivity index (χ4v) is 2.08. The average Bonchev–Trinajstić information content (AvgIpc) is 2.60. The van der Waals surface area contributed by atoms with Crippen molar-refractivity contribution in [3.63, 3.8) is 0 Å². The first-order chi connectivity index (χ1) is 11.6. The maximum Gasteiger partial charge on any atom is 0.251 e. The zero-order chi connectivity index (χ0) is 17.4. The van der Waals surface area contributed by atoms with Crippen molar-refractivity contribution in [1.29, 1.82) is 5.26 Å². The van der Waals surface area contributed by atoms with E-state index in [9.17, 15) is 9.59 Å². The molecule has 122 valence electrons. The highest BCUT2D eigenvalue weighted by Crippen LogP contribution is 2.14. The Labute approximate surface area is 140 Å². The van der Waals surface area contributed by atoms with E-state index in [1.54, 1.807) is 55.6 Å². The van der Waals surface area contributed by atoms with Crippen molar-refractivity contribution in [3.8, 4) is 11.8 Å². The summed E-state index contributed by atoms with van der Waals surface area (Å²) in [6.45, 7) is 0.317. The molecular formula is C18H17N3O3. The number of benzene rings is 2. The molecule has 0 unspecified atom stereocenters. The highest BCUT2D eigenvalue weighted by atomic mass is 16.5. The molecule has 2 aromatic carbocycles. The van der Waals surface area contributed by atoms with Crippen LogP contribution in [0.25, 0.3) is 0 Å². The summed E-state index contributed by atoms with van der Waals surface area (Å²) in [5.74, 6) is 0.0349. The van der Waals surface area contributed by atoms with E-state index >= 15 is 0 Å². The average molecular weight is 323 g/mol. The Morgan fingerprint density at radius 3 is 2.71 bits per heavy atom. The van der Waals surface area contributed by atoms with Gasteiger partial charge in [0, 0.05) is 17.8 Å². The zero-order valence-electron chi connectivity index (χ0n) is 13.2. The van der Waals surface area contributed by atoms with Gasteiger partial charge in [-0.3, -0.25) is 9.59 Å². The number of ether oxygens (including phenoxy) is 1. The zero-order valence-corrected chi connectivity index (χ0v) is 13.2. The fourth-order valence-electron chi connectivity index (χ4n) is 2.08. The molecule has 0 aromatic heterocycles. The minimum atomic E-state index is -0.366. The molecule has 0 radical (unpaired) electrons. The van der Waals surface area contributed by atoms with Crippen LogP contribution in [-0.4, -0.2) is 18.9 Å². The molecule has 0 fully saturated rings. The molecule has 0 aliphatic heterocycles. The number of hydrogen-bond acceptors (Lipinski definition) is 4. The lowest BCUT2D eigenvalue weighted by atomic mass is 10.1. The van der Waals surface area contributed by atoms with Gasteiger partial charge in [-0.05, 0) is 35.9 Å². The largest absolute Gasteiger partial charge is 0.497 e. The first kappa shape index (κ1) is 17.0. The van der Waals surface area contributed by atoms with Crippen LogP contribution >= 0.6 is 0 Å². The Bertz CT molecular complexity index is 781. The van der Waals surface area contributed by atoms with Gasteiger partial charge in [0.05, 0.1) is 13.2 Å². The number of methoxy groups -OCH3 is 1. The number of nitrogens with one attached hydrogen (secondary N) is 2. The SMILES string of the molecule is COc1cccc(C(=O)NCc2cccc(NC(=O)CC#N)c2)c1. The first-order valence-electron chi connectivity index (χ1n) is 7.30. The first-order valence-corrected chi connectivity index (χ1v) is 7.30. The molecule has 2 aromatic rings. The summed E-state index contributed by atoms with van der Waals surface area (Å²) in [5.41, 5.74) is 1.93. The van der Waals surface area contributed by atoms with E-state index in [2.05, 4.69) is 10.6 Å². The Balaban J connectivity index is 1.97. The second-order valence-electron chi connectivity index (χ2n) is 5.00. The van der Waals surface area contributed by atoms with Crippen LogP contribution in [0.3, 0.4) is 0 Å². The van der Waals surface area contributed by atoms with Crippen LogP contribution in [0.1, 0.15) is 22.3 Å². The molecule has 0 bridgehead atoms. The minimum Gasteiger partial charge on any atom is -0.497 e. The van der Waals surface area contributed by atoms with E-state index in [1.807, 2.05) is 6.07 Å². The predicted octanol–water partition coefficient (Wildman–Crippen LogP) is 2.48. The molecule has 2 rings (SSSR count). The van der Waals surface area contributed by atoms with Crippen LogP contribution in [0.4, 0.5) is 5.69 Å².